The Morgan fingerprint density at radius 3 is 2.46 bits per heavy atom. The van der Waals surface area contributed by atoms with Gasteiger partial charge < -0.3 is 0 Å². The van der Waals surface area contributed by atoms with E-state index in [-0.39, 0.29) is 0 Å². The first-order chi connectivity index (χ1) is 6.27. The Kier molecular flexibility index (Phi) is 2.06. The molecule has 3 nitrogen and oxygen atoms in total. The lowest BCUT2D eigenvalue weighted by Crippen LogP contribution is -1.90. The summed E-state index contributed by atoms with van der Waals surface area (Å²) in [7, 11) is 1.82. The third kappa shape index (κ3) is 1.58. The van der Waals surface area contributed by atoms with Crippen molar-refractivity contribution in [3.8, 4) is 11.4 Å². The minimum atomic E-state index is 0.624. The van der Waals surface area contributed by atoms with Gasteiger partial charge in [0.15, 0.2) is 11.0 Å². The summed E-state index contributed by atoms with van der Waals surface area (Å²) in [6.45, 7) is 0. The van der Waals surface area contributed by atoms with Gasteiger partial charge in [0, 0.05) is 12.6 Å². The number of hydrogen-bond acceptors (Lipinski definition) is 3. The van der Waals surface area contributed by atoms with Crippen molar-refractivity contribution >= 4 is 12.6 Å². The summed E-state index contributed by atoms with van der Waals surface area (Å²) < 4.78 is 1.64. The molecule has 0 unspecified atom stereocenters. The van der Waals surface area contributed by atoms with Gasteiger partial charge in [-0.15, -0.1) is 12.6 Å². The van der Waals surface area contributed by atoms with Gasteiger partial charge in [-0.1, -0.05) is 30.3 Å². The number of benzene rings is 1. The molecule has 2 aromatic rings. The van der Waals surface area contributed by atoms with Gasteiger partial charge in [-0.05, 0) is 0 Å². The topological polar surface area (TPSA) is 30.7 Å². The lowest BCUT2D eigenvalue weighted by molar-refractivity contribution is 0.688. The number of thiol groups is 1. The van der Waals surface area contributed by atoms with Gasteiger partial charge in [0.2, 0.25) is 0 Å². The molecule has 0 aliphatic heterocycles. The molecule has 0 bridgehead atoms. The Hall–Kier alpha value is -1.29. The maximum atomic E-state index is 4.21. The molecule has 0 amide bonds. The summed E-state index contributed by atoms with van der Waals surface area (Å²) in [5.74, 6) is 0.716. The van der Waals surface area contributed by atoms with Crippen molar-refractivity contribution in [1.82, 2.24) is 14.8 Å². The highest BCUT2D eigenvalue weighted by atomic mass is 32.1. The van der Waals surface area contributed by atoms with E-state index in [0.717, 1.165) is 5.56 Å². The van der Waals surface area contributed by atoms with Crippen molar-refractivity contribution in [3.63, 3.8) is 0 Å². The van der Waals surface area contributed by atoms with Crippen LogP contribution < -0.4 is 0 Å². The van der Waals surface area contributed by atoms with Crippen LogP contribution in [0.3, 0.4) is 0 Å². The highest BCUT2D eigenvalue weighted by Gasteiger charge is 2.04. The zero-order valence-electron chi connectivity index (χ0n) is 7.18. The summed E-state index contributed by atoms with van der Waals surface area (Å²) in [4.78, 5) is 4.20. The van der Waals surface area contributed by atoms with Gasteiger partial charge in [-0.3, -0.25) is 0 Å². The van der Waals surface area contributed by atoms with Crippen LogP contribution in [-0.2, 0) is 7.05 Å². The summed E-state index contributed by atoms with van der Waals surface area (Å²) in [6, 6.07) is 9.84. The molecule has 0 aliphatic carbocycles. The minimum absolute atomic E-state index is 0.624. The molecule has 13 heavy (non-hydrogen) atoms. The monoisotopic (exact) mass is 191 g/mol. The van der Waals surface area contributed by atoms with E-state index in [0.29, 0.717) is 11.0 Å². The van der Waals surface area contributed by atoms with Crippen molar-refractivity contribution in [2.45, 2.75) is 5.16 Å². The van der Waals surface area contributed by atoms with E-state index in [9.17, 15) is 0 Å². The molecule has 0 radical (unpaired) electrons. The van der Waals surface area contributed by atoms with Crippen molar-refractivity contribution in [2.24, 2.45) is 7.05 Å². The van der Waals surface area contributed by atoms with Crippen LogP contribution in [0.15, 0.2) is 35.5 Å². The lowest BCUT2D eigenvalue weighted by Gasteiger charge is -1.91. The first-order valence-electron chi connectivity index (χ1n) is 3.93. The van der Waals surface area contributed by atoms with Gasteiger partial charge in [-0.25, -0.2) is 9.67 Å². The molecule has 0 saturated heterocycles. The molecule has 0 fully saturated rings. The fraction of sp³-hybridized carbons (Fsp3) is 0.111. The first-order valence-corrected chi connectivity index (χ1v) is 4.37. The normalized spacial score (nSPS) is 10.3. The van der Waals surface area contributed by atoms with Gasteiger partial charge in [0.1, 0.15) is 0 Å². The van der Waals surface area contributed by atoms with Crippen LogP contribution >= 0.6 is 12.6 Å². The molecule has 1 heterocycles. The zero-order valence-corrected chi connectivity index (χ0v) is 8.07. The predicted octanol–water partition coefficient (Wildman–Crippen LogP) is 1.77. The van der Waals surface area contributed by atoms with Gasteiger partial charge in [0.25, 0.3) is 0 Å². The SMILES string of the molecule is Cn1nc(-c2ccccc2)nc1S. The van der Waals surface area contributed by atoms with E-state index in [2.05, 4.69) is 22.7 Å². The van der Waals surface area contributed by atoms with Crippen LogP contribution in [0, 0.1) is 0 Å². The maximum Gasteiger partial charge on any atom is 0.183 e. The summed E-state index contributed by atoms with van der Waals surface area (Å²) in [6.07, 6.45) is 0. The second-order valence-electron chi connectivity index (χ2n) is 2.73. The van der Waals surface area contributed by atoms with Crippen LogP contribution in [0.25, 0.3) is 11.4 Å². The third-order valence-corrected chi connectivity index (χ3v) is 2.16. The molecule has 0 saturated carbocycles. The Bertz CT molecular complexity index is 389. The molecule has 2 rings (SSSR count). The average molecular weight is 191 g/mol. The number of hydrogen-bond donors (Lipinski definition) is 1. The molecule has 66 valence electrons. The second-order valence-corrected chi connectivity index (χ2v) is 3.13. The number of nitrogens with zero attached hydrogens (tertiary/aromatic N) is 3. The molecular formula is C9H9N3S. The first kappa shape index (κ1) is 8.31. The third-order valence-electron chi connectivity index (χ3n) is 1.77. The van der Waals surface area contributed by atoms with E-state index in [1.54, 1.807) is 4.68 Å². The average Bonchev–Trinajstić information content (AvgIpc) is 2.49. The Labute approximate surface area is 81.8 Å². The van der Waals surface area contributed by atoms with Gasteiger partial charge in [0.05, 0.1) is 0 Å². The van der Waals surface area contributed by atoms with Crippen LogP contribution in [0.4, 0.5) is 0 Å². The van der Waals surface area contributed by atoms with E-state index in [1.807, 2.05) is 37.4 Å². The highest BCUT2D eigenvalue weighted by molar-refractivity contribution is 7.80. The molecule has 0 atom stereocenters. The maximum absolute atomic E-state index is 4.21. The van der Waals surface area contributed by atoms with Crippen molar-refractivity contribution < 1.29 is 0 Å². The quantitative estimate of drug-likeness (QED) is 0.696. The molecule has 0 spiro atoms. The standard InChI is InChI=1S/C9H9N3S/c1-12-9(13)10-8(11-12)7-5-3-2-4-6-7/h2-6H,1H3,(H,10,11,13). The predicted molar refractivity (Wildman–Crippen MR) is 53.7 cm³/mol. The Balaban J connectivity index is 2.48. The Morgan fingerprint density at radius 1 is 1.23 bits per heavy atom. The molecule has 1 aromatic heterocycles. The molecule has 0 N–H and O–H groups in total. The van der Waals surface area contributed by atoms with Crippen molar-refractivity contribution in [2.75, 3.05) is 0 Å². The number of aryl methyl sites for hydroxylation is 1. The largest absolute Gasteiger partial charge is 0.243 e. The summed E-state index contributed by atoms with van der Waals surface area (Å²) in [5, 5.41) is 4.83. The van der Waals surface area contributed by atoms with Crippen LogP contribution in [0.2, 0.25) is 0 Å². The molecule has 4 heteroatoms. The molecular weight excluding hydrogens is 182 g/mol. The van der Waals surface area contributed by atoms with Gasteiger partial charge in [-0.2, -0.15) is 5.10 Å². The molecule has 1 aromatic carbocycles. The van der Waals surface area contributed by atoms with Crippen LogP contribution in [0.5, 0.6) is 0 Å². The fourth-order valence-electron chi connectivity index (χ4n) is 1.09. The summed E-state index contributed by atoms with van der Waals surface area (Å²) >= 11 is 4.16. The zero-order chi connectivity index (χ0) is 9.26. The minimum Gasteiger partial charge on any atom is -0.243 e. The summed E-state index contributed by atoms with van der Waals surface area (Å²) in [5.41, 5.74) is 1.01. The van der Waals surface area contributed by atoms with E-state index in [1.165, 1.54) is 0 Å². The number of aromatic nitrogens is 3. The van der Waals surface area contributed by atoms with Crippen LogP contribution in [-0.4, -0.2) is 14.8 Å². The second kappa shape index (κ2) is 3.22. The smallest absolute Gasteiger partial charge is 0.183 e. The van der Waals surface area contributed by atoms with Crippen LogP contribution in [0.1, 0.15) is 0 Å². The van der Waals surface area contributed by atoms with E-state index < -0.39 is 0 Å². The van der Waals surface area contributed by atoms with Crippen molar-refractivity contribution in [3.05, 3.63) is 30.3 Å². The van der Waals surface area contributed by atoms with E-state index in [4.69, 9.17) is 0 Å². The molecule has 0 aliphatic rings. The van der Waals surface area contributed by atoms with Gasteiger partial charge >= 0.3 is 0 Å². The lowest BCUT2D eigenvalue weighted by atomic mass is 10.2. The number of rotatable bonds is 1. The fourth-order valence-corrected chi connectivity index (χ4v) is 1.23. The highest BCUT2D eigenvalue weighted by Crippen LogP contribution is 2.15. The van der Waals surface area contributed by atoms with E-state index >= 15 is 0 Å². The Morgan fingerprint density at radius 2 is 1.92 bits per heavy atom. The van der Waals surface area contributed by atoms with Crippen molar-refractivity contribution in [1.29, 1.82) is 0 Å².